The first-order chi connectivity index (χ1) is 5.39. The van der Waals surface area contributed by atoms with Crippen LogP contribution in [0.5, 0.6) is 0 Å². The van der Waals surface area contributed by atoms with Crippen molar-refractivity contribution in [3.63, 3.8) is 0 Å². The van der Waals surface area contributed by atoms with Gasteiger partial charge in [-0.25, -0.2) is 0 Å². The first-order valence-electron chi connectivity index (χ1n) is 3.67. The Labute approximate surface area is 68.4 Å². The molecule has 0 radical (unpaired) electrons. The topological polar surface area (TPSA) is 37.3 Å². The van der Waals surface area contributed by atoms with Crippen molar-refractivity contribution in [3.05, 3.63) is 0 Å². The summed E-state index contributed by atoms with van der Waals surface area (Å²) in [5.41, 5.74) is 0. The predicted octanol–water partition coefficient (Wildman–Crippen LogP) is 1.67. The molecule has 0 amide bonds. The summed E-state index contributed by atoms with van der Waals surface area (Å²) in [4.78, 5) is 10.6. The Morgan fingerprint density at radius 3 is 2.33 bits per heavy atom. The lowest BCUT2D eigenvalue weighted by Gasteiger charge is -2.12. The molecule has 72 valence electrons. The van der Waals surface area contributed by atoms with Gasteiger partial charge in [-0.05, 0) is 6.42 Å². The Balaban J connectivity index is 3.94. The molecule has 12 heavy (non-hydrogen) atoms. The maximum atomic E-state index is 11.7. The minimum Gasteiger partial charge on any atom is -0.377 e. The summed E-state index contributed by atoms with van der Waals surface area (Å²) >= 11 is 0. The van der Waals surface area contributed by atoms with Crippen molar-refractivity contribution >= 4 is 5.78 Å². The van der Waals surface area contributed by atoms with Crippen LogP contribution < -0.4 is 0 Å². The minimum absolute atomic E-state index is 0.211. The van der Waals surface area contributed by atoms with Gasteiger partial charge in [0.2, 0.25) is 6.10 Å². The molecule has 1 N–H and O–H groups in total. The Kier molecular flexibility index (Phi) is 4.23. The molecule has 0 aliphatic carbocycles. The Bertz CT molecular complexity index is 153. The van der Waals surface area contributed by atoms with Crippen LogP contribution in [0.4, 0.5) is 13.2 Å². The molecule has 0 rings (SSSR count). The third-order valence-electron chi connectivity index (χ3n) is 1.39. The highest BCUT2D eigenvalue weighted by Gasteiger charge is 2.42. The van der Waals surface area contributed by atoms with Gasteiger partial charge in [-0.15, -0.1) is 0 Å². The van der Waals surface area contributed by atoms with Crippen molar-refractivity contribution in [2.75, 3.05) is 0 Å². The lowest BCUT2D eigenvalue weighted by molar-refractivity contribution is -0.203. The molecule has 0 fully saturated rings. The van der Waals surface area contributed by atoms with E-state index in [1.54, 1.807) is 6.92 Å². The molecule has 0 aromatic carbocycles. The first kappa shape index (κ1) is 11.4. The third kappa shape index (κ3) is 3.71. The lowest BCUT2D eigenvalue weighted by atomic mass is 10.1. The zero-order valence-electron chi connectivity index (χ0n) is 6.69. The highest BCUT2D eigenvalue weighted by Crippen LogP contribution is 2.21. The SMILES string of the molecule is CCCCC(=O)C(O)C(F)(F)F. The number of hydrogen-bond acceptors (Lipinski definition) is 2. The molecule has 0 aliphatic heterocycles. The molecule has 2 nitrogen and oxygen atoms in total. The van der Waals surface area contributed by atoms with Crippen LogP contribution in [0, 0.1) is 0 Å². The summed E-state index contributed by atoms with van der Waals surface area (Å²) in [6.45, 7) is 1.76. The summed E-state index contributed by atoms with van der Waals surface area (Å²) in [5.74, 6) is -1.15. The number of Topliss-reactive ketones (excluding diaryl/α,β-unsaturated/α-hetero) is 1. The average Bonchev–Trinajstić information content (AvgIpc) is 1.97. The van der Waals surface area contributed by atoms with E-state index in [2.05, 4.69) is 0 Å². The number of carbonyl (C=O) groups is 1. The fraction of sp³-hybridized carbons (Fsp3) is 0.857. The molecule has 5 heteroatoms. The van der Waals surface area contributed by atoms with Crippen molar-refractivity contribution < 1.29 is 23.1 Å². The molecule has 0 aliphatic rings. The lowest BCUT2D eigenvalue weighted by Crippen LogP contribution is -2.36. The maximum absolute atomic E-state index is 11.7. The number of halogens is 3. The highest BCUT2D eigenvalue weighted by atomic mass is 19.4. The fourth-order valence-electron chi connectivity index (χ4n) is 0.670. The van der Waals surface area contributed by atoms with Crippen molar-refractivity contribution in [2.24, 2.45) is 0 Å². The third-order valence-corrected chi connectivity index (χ3v) is 1.39. The molecule has 0 aromatic heterocycles. The molecule has 0 saturated carbocycles. The monoisotopic (exact) mass is 184 g/mol. The summed E-state index contributed by atoms with van der Waals surface area (Å²) in [6, 6.07) is 0. The van der Waals surface area contributed by atoms with Gasteiger partial charge in [0.1, 0.15) is 0 Å². The molecule has 1 atom stereocenters. The average molecular weight is 184 g/mol. The normalized spacial score (nSPS) is 14.4. The number of carbonyl (C=O) groups excluding carboxylic acids is 1. The zero-order valence-corrected chi connectivity index (χ0v) is 6.69. The van der Waals surface area contributed by atoms with Gasteiger partial charge in [0.15, 0.2) is 5.78 Å². The molecule has 0 bridgehead atoms. The second-order valence-electron chi connectivity index (χ2n) is 2.51. The van der Waals surface area contributed by atoms with Crippen molar-refractivity contribution in [3.8, 4) is 0 Å². The standard InChI is InChI=1S/C7H11F3O2/c1-2-3-4-5(11)6(12)7(8,9)10/h6,12H,2-4H2,1H3. The minimum atomic E-state index is -4.81. The van der Waals surface area contributed by atoms with E-state index >= 15 is 0 Å². The van der Waals surface area contributed by atoms with Crippen LogP contribution in [-0.4, -0.2) is 23.2 Å². The first-order valence-corrected chi connectivity index (χ1v) is 3.67. The van der Waals surface area contributed by atoms with Crippen LogP contribution >= 0.6 is 0 Å². The van der Waals surface area contributed by atoms with E-state index in [9.17, 15) is 18.0 Å². The summed E-state index contributed by atoms with van der Waals surface area (Å²) in [7, 11) is 0. The van der Waals surface area contributed by atoms with Crippen LogP contribution in [0.2, 0.25) is 0 Å². The molecule has 0 aromatic rings. The maximum Gasteiger partial charge on any atom is 0.421 e. The Hall–Kier alpha value is -0.580. The van der Waals surface area contributed by atoms with Crippen LogP contribution in [0.25, 0.3) is 0 Å². The van der Waals surface area contributed by atoms with Gasteiger partial charge in [0, 0.05) is 6.42 Å². The molecular weight excluding hydrogens is 173 g/mol. The van der Waals surface area contributed by atoms with Gasteiger partial charge in [-0.2, -0.15) is 13.2 Å². The quantitative estimate of drug-likeness (QED) is 0.721. The summed E-state index contributed by atoms with van der Waals surface area (Å²) < 4.78 is 35.0. The van der Waals surface area contributed by atoms with Crippen LogP contribution in [0.3, 0.4) is 0 Å². The second kappa shape index (κ2) is 4.45. The summed E-state index contributed by atoms with van der Waals surface area (Å²) in [6.07, 6.45) is -6.81. The van der Waals surface area contributed by atoms with Gasteiger partial charge >= 0.3 is 6.18 Å². The van der Waals surface area contributed by atoms with Gasteiger partial charge < -0.3 is 5.11 Å². The Morgan fingerprint density at radius 2 is 2.00 bits per heavy atom. The number of alkyl halides is 3. The predicted molar refractivity (Wildman–Crippen MR) is 36.6 cm³/mol. The number of hydrogen-bond donors (Lipinski definition) is 1. The van der Waals surface area contributed by atoms with E-state index in [0.29, 0.717) is 12.8 Å². The fourth-order valence-corrected chi connectivity index (χ4v) is 0.670. The molecule has 0 saturated heterocycles. The van der Waals surface area contributed by atoms with E-state index in [4.69, 9.17) is 5.11 Å². The van der Waals surface area contributed by atoms with Crippen LogP contribution in [0.15, 0.2) is 0 Å². The van der Waals surface area contributed by atoms with E-state index < -0.39 is 18.1 Å². The van der Waals surface area contributed by atoms with E-state index in [0.717, 1.165) is 0 Å². The summed E-state index contributed by atoms with van der Waals surface area (Å²) in [5, 5.41) is 8.41. The number of aliphatic hydroxyl groups is 1. The Morgan fingerprint density at radius 1 is 1.50 bits per heavy atom. The van der Waals surface area contributed by atoms with Crippen molar-refractivity contribution in [1.82, 2.24) is 0 Å². The van der Waals surface area contributed by atoms with E-state index in [1.807, 2.05) is 0 Å². The van der Waals surface area contributed by atoms with Crippen molar-refractivity contribution in [1.29, 1.82) is 0 Å². The van der Waals surface area contributed by atoms with E-state index in [-0.39, 0.29) is 6.42 Å². The second-order valence-corrected chi connectivity index (χ2v) is 2.51. The van der Waals surface area contributed by atoms with Gasteiger partial charge in [0.05, 0.1) is 0 Å². The largest absolute Gasteiger partial charge is 0.421 e. The zero-order chi connectivity index (χ0) is 9.78. The van der Waals surface area contributed by atoms with Crippen LogP contribution in [-0.2, 0) is 4.79 Å². The number of ketones is 1. The molecular formula is C7H11F3O2. The smallest absolute Gasteiger partial charge is 0.377 e. The number of unbranched alkanes of at least 4 members (excludes halogenated alkanes) is 1. The van der Waals surface area contributed by atoms with Gasteiger partial charge in [0.25, 0.3) is 0 Å². The number of rotatable bonds is 4. The van der Waals surface area contributed by atoms with Gasteiger partial charge in [-0.1, -0.05) is 13.3 Å². The molecule has 0 heterocycles. The molecule has 1 unspecified atom stereocenters. The highest BCUT2D eigenvalue weighted by molar-refractivity contribution is 5.83. The van der Waals surface area contributed by atoms with Gasteiger partial charge in [-0.3, -0.25) is 4.79 Å². The molecule has 0 spiro atoms. The number of aliphatic hydroxyl groups excluding tert-OH is 1. The van der Waals surface area contributed by atoms with Crippen molar-refractivity contribution in [2.45, 2.75) is 38.5 Å². The van der Waals surface area contributed by atoms with Crippen LogP contribution in [0.1, 0.15) is 26.2 Å². The van der Waals surface area contributed by atoms with E-state index in [1.165, 1.54) is 0 Å².